The summed E-state index contributed by atoms with van der Waals surface area (Å²) in [4.78, 5) is 18.5. The van der Waals surface area contributed by atoms with Gasteiger partial charge in [0.15, 0.2) is 0 Å². The highest BCUT2D eigenvalue weighted by Gasteiger charge is 2.26. The molecule has 1 N–H and O–H groups in total. The van der Waals surface area contributed by atoms with Gasteiger partial charge in [-0.2, -0.15) is 0 Å². The summed E-state index contributed by atoms with van der Waals surface area (Å²) in [6.07, 6.45) is 1.18. The Balaban J connectivity index is 2.21. The number of piperidine rings is 1. The number of nitrogens with zero attached hydrogens (tertiary/aromatic N) is 2. The van der Waals surface area contributed by atoms with Crippen LogP contribution in [0.1, 0.15) is 30.6 Å². The predicted octanol–water partition coefficient (Wildman–Crippen LogP) is 2.89. The first-order chi connectivity index (χ1) is 8.99. The fourth-order valence-electron chi connectivity index (χ4n) is 2.76. The average Bonchev–Trinajstić information content (AvgIpc) is 2.35. The third-order valence-electron chi connectivity index (χ3n) is 3.45. The molecule has 104 valence electrons. The number of pyridine rings is 1. The maximum atomic E-state index is 12.5. The lowest BCUT2D eigenvalue weighted by Gasteiger charge is -2.35. The standard InChI is InChI=1S/C14H20ClN3O/c1-9-4-10(2)8-18(7-9)14(19)11-5-12(15)17-13(6-11)16-3/h5-6,9-10H,4,7-8H2,1-3H3,(H,16,17)/t9-,10-/m1/s1. The molecule has 2 heterocycles. The zero-order valence-electron chi connectivity index (χ0n) is 11.6. The molecule has 1 aromatic rings. The van der Waals surface area contributed by atoms with E-state index in [-0.39, 0.29) is 5.91 Å². The number of rotatable bonds is 2. The lowest BCUT2D eigenvalue weighted by molar-refractivity contribution is 0.0623. The second-order valence-electron chi connectivity index (χ2n) is 5.47. The Bertz CT molecular complexity index is 468. The molecule has 2 atom stereocenters. The first-order valence-electron chi connectivity index (χ1n) is 6.64. The smallest absolute Gasteiger partial charge is 0.254 e. The van der Waals surface area contributed by atoms with E-state index < -0.39 is 0 Å². The van der Waals surface area contributed by atoms with Gasteiger partial charge in [-0.05, 0) is 30.4 Å². The molecule has 1 aliphatic heterocycles. The van der Waals surface area contributed by atoms with Gasteiger partial charge in [0, 0.05) is 25.7 Å². The summed E-state index contributed by atoms with van der Waals surface area (Å²) in [5.74, 6) is 1.76. The lowest BCUT2D eigenvalue weighted by atomic mass is 9.91. The molecule has 0 aromatic carbocycles. The van der Waals surface area contributed by atoms with Gasteiger partial charge in [0.05, 0.1) is 0 Å². The lowest BCUT2D eigenvalue weighted by Crippen LogP contribution is -2.42. The Hall–Kier alpha value is -1.29. The maximum absolute atomic E-state index is 12.5. The van der Waals surface area contributed by atoms with Gasteiger partial charge >= 0.3 is 0 Å². The molecular weight excluding hydrogens is 262 g/mol. The van der Waals surface area contributed by atoms with E-state index in [1.54, 1.807) is 19.2 Å². The highest BCUT2D eigenvalue weighted by molar-refractivity contribution is 6.29. The van der Waals surface area contributed by atoms with Crippen LogP contribution in [0.5, 0.6) is 0 Å². The quantitative estimate of drug-likeness (QED) is 0.848. The molecule has 1 aromatic heterocycles. The van der Waals surface area contributed by atoms with Gasteiger partial charge in [-0.3, -0.25) is 4.79 Å². The molecule has 0 saturated carbocycles. The number of hydrogen-bond donors (Lipinski definition) is 1. The van der Waals surface area contributed by atoms with Crippen LogP contribution in [0, 0.1) is 11.8 Å². The molecule has 1 fully saturated rings. The molecule has 0 radical (unpaired) electrons. The first-order valence-corrected chi connectivity index (χ1v) is 7.02. The molecule has 0 spiro atoms. The largest absolute Gasteiger partial charge is 0.373 e. The van der Waals surface area contributed by atoms with Crippen molar-refractivity contribution in [3.8, 4) is 0 Å². The second kappa shape index (κ2) is 5.78. The third-order valence-corrected chi connectivity index (χ3v) is 3.65. The highest BCUT2D eigenvalue weighted by Crippen LogP contribution is 2.23. The van der Waals surface area contributed by atoms with Gasteiger partial charge in [-0.15, -0.1) is 0 Å². The third kappa shape index (κ3) is 3.38. The fraction of sp³-hybridized carbons (Fsp3) is 0.571. The molecular formula is C14H20ClN3O. The molecule has 5 heteroatoms. The fourth-order valence-corrected chi connectivity index (χ4v) is 2.97. The van der Waals surface area contributed by atoms with Crippen LogP contribution in [0.4, 0.5) is 5.82 Å². The summed E-state index contributed by atoms with van der Waals surface area (Å²) in [7, 11) is 1.76. The van der Waals surface area contributed by atoms with E-state index in [4.69, 9.17) is 11.6 Å². The van der Waals surface area contributed by atoms with Crippen LogP contribution < -0.4 is 5.32 Å². The van der Waals surface area contributed by atoms with Crippen LogP contribution in [-0.2, 0) is 0 Å². The van der Waals surface area contributed by atoms with Crippen molar-refractivity contribution in [3.05, 3.63) is 22.8 Å². The van der Waals surface area contributed by atoms with Crippen LogP contribution in [0.25, 0.3) is 0 Å². The van der Waals surface area contributed by atoms with Gasteiger partial charge in [0.1, 0.15) is 11.0 Å². The second-order valence-corrected chi connectivity index (χ2v) is 5.86. The predicted molar refractivity (Wildman–Crippen MR) is 77.6 cm³/mol. The Morgan fingerprint density at radius 1 is 1.37 bits per heavy atom. The normalized spacial score (nSPS) is 23.3. The summed E-state index contributed by atoms with van der Waals surface area (Å²) in [5.41, 5.74) is 0.602. The van der Waals surface area contributed by atoms with Gasteiger partial charge in [0.25, 0.3) is 5.91 Å². The van der Waals surface area contributed by atoms with E-state index in [1.807, 2.05) is 4.90 Å². The number of amides is 1. The van der Waals surface area contributed by atoms with Gasteiger partial charge < -0.3 is 10.2 Å². The summed E-state index contributed by atoms with van der Waals surface area (Å²) in [6.45, 7) is 6.01. The van der Waals surface area contributed by atoms with E-state index in [9.17, 15) is 4.79 Å². The number of halogens is 1. The van der Waals surface area contributed by atoms with Crippen molar-refractivity contribution in [2.75, 3.05) is 25.5 Å². The maximum Gasteiger partial charge on any atom is 0.254 e. The molecule has 1 aliphatic rings. The minimum absolute atomic E-state index is 0.0409. The highest BCUT2D eigenvalue weighted by atomic mass is 35.5. The molecule has 19 heavy (non-hydrogen) atoms. The summed E-state index contributed by atoms with van der Waals surface area (Å²) >= 11 is 5.95. The summed E-state index contributed by atoms with van der Waals surface area (Å²) < 4.78 is 0. The molecule has 0 aliphatic carbocycles. The van der Waals surface area contributed by atoms with Gasteiger partial charge in [-0.1, -0.05) is 25.4 Å². The van der Waals surface area contributed by atoms with Crippen molar-refractivity contribution in [2.24, 2.45) is 11.8 Å². The van der Waals surface area contributed by atoms with Crippen LogP contribution in [-0.4, -0.2) is 35.9 Å². The average molecular weight is 282 g/mol. The Morgan fingerprint density at radius 2 is 2.00 bits per heavy atom. The SMILES string of the molecule is CNc1cc(C(=O)N2C[C@H](C)C[C@@H](C)C2)cc(Cl)n1. The van der Waals surface area contributed by atoms with Crippen LogP contribution >= 0.6 is 11.6 Å². The first kappa shape index (κ1) is 14.1. The van der Waals surface area contributed by atoms with Crippen molar-refractivity contribution < 1.29 is 4.79 Å². The Labute approximate surface area is 119 Å². The Morgan fingerprint density at radius 3 is 2.58 bits per heavy atom. The molecule has 0 bridgehead atoms. The zero-order chi connectivity index (χ0) is 14.0. The molecule has 0 unspecified atom stereocenters. The monoisotopic (exact) mass is 281 g/mol. The number of nitrogens with one attached hydrogen (secondary N) is 1. The van der Waals surface area contributed by atoms with E-state index in [0.29, 0.717) is 28.4 Å². The van der Waals surface area contributed by atoms with E-state index in [2.05, 4.69) is 24.1 Å². The van der Waals surface area contributed by atoms with Crippen LogP contribution in [0.2, 0.25) is 5.15 Å². The molecule has 4 nitrogen and oxygen atoms in total. The number of carbonyl (C=O) groups is 1. The molecule has 1 saturated heterocycles. The molecule has 1 amide bonds. The number of aromatic nitrogens is 1. The number of carbonyl (C=O) groups excluding carboxylic acids is 1. The topological polar surface area (TPSA) is 45.2 Å². The van der Waals surface area contributed by atoms with Crippen molar-refractivity contribution in [1.82, 2.24) is 9.88 Å². The minimum Gasteiger partial charge on any atom is -0.373 e. The van der Waals surface area contributed by atoms with Crippen LogP contribution in [0.3, 0.4) is 0 Å². The zero-order valence-corrected chi connectivity index (χ0v) is 12.4. The minimum atomic E-state index is 0.0409. The van der Waals surface area contributed by atoms with Crippen LogP contribution in [0.15, 0.2) is 12.1 Å². The number of hydrogen-bond acceptors (Lipinski definition) is 3. The van der Waals surface area contributed by atoms with E-state index in [0.717, 1.165) is 13.1 Å². The van der Waals surface area contributed by atoms with Crippen molar-refractivity contribution >= 4 is 23.3 Å². The Kier molecular flexibility index (Phi) is 4.30. The summed E-state index contributed by atoms with van der Waals surface area (Å²) in [5, 5.41) is 3.26. The van der Waals surface area contributed by atoms with Crippen molar-refractivity contribution in [1.29, 1.82) is 0 Å². The van der Waals surface area contributed by atoms with Gasteiger partial charge in [-0.25, -0.2) is 4.98 Å². The number of anilines is 1. The van der Waals surface area contributed by atoms with Crippen molar-refractivity contribution in [2.45, 2.75) is 20.3 Å². The number of likely N-dealkylation sites (tertiary alicyclic amines) is 1. The van der Waals surface area contributed by atoms with Crippen molar-refractivity contribution in [3.63, 3.8) is 0 Å². The van der Waals surface area contributed by atoms with E-state index in [1.165, 1.54) is 6.42 Å². The van der Waals surface area contributed by atoms with E-state index >= 15 is 0 Å². The summed E-state index contributed by atoms with van der Waals surface area (Å²) in [6, 6.07) is 3.38. The van der Waals surface area contributed by atoms with Gasteiger partial charge in [0.2, 0.25) is 0 Å². The molecule has 2 rings (SSSR count).